The van der Waals surface area contributed by atoms with Crippen molar-refractivity contribution in [2.45, 2.75) is 19.3 Å². The minimum absolute atomic E-state index is 0.0913. The molecule has 7 heteroatoms. The Morgan fingerprint density at radius 1 is 1.53 bits per heavy atom. The van der Waals surface area contributed by atoms with Gasteiger partial charge in [0.2, 0.25) is 5.91 Å². The zero-order valence-corrected chi connectivity index (χ0v) is 8.55. The first-order valence-corrected chi connectivity index (χ1v) is 4.41. The molecule has 82 valence electrons. The summed E-state index contributed by atoms with van der Waals surface area (Å²) in [5, 5.41) is 9.27. The second-order valence-corrected chi connectivity index (χ2v) is 3.42. The van der Waals surface area contributed by atoms with E-state index in [0.717, 1.165) is 0 Å². The van der Waals surface area contributed by atoms with Crippen molar-refractivity contribution >= 4 is 23.3 Å². The standard InChI is InChI=1S/C8H8ClF2N3O/c1-8(10,11)4-7(15)12-6-3-2-5(9)13-14-6/h2-3H,4H2,1H3,(H,12,14,15). The van der Waals surface area contributed by atoms with Gasteiger partial charge >= 0.3 is 0 Å². The van der Waals surface area contributed by atoms with Crippen molar-refractivity contribution in [1.29, 1.82) is 0 Å². The van der Waals surface area contributed by atoms with Crippen molar-refractivity contribution in [2.75, 3.05) is 5.32 Å². The molecule has 0 aliphatic heterocycles. The Morgan fingerprint density at radius 3 is 2.67 bits per heavy atom. The molecule has 1 aromatic rings. The van der Waals surface area contributed by atoms with Gasteiger partial charge in [-0.25, -0.2) is 8.78 Å². The summed E-state index contributed by atoms with van der Waals surface area (Å²) in [6, 6.07) is 2.77. The van der Waals surface area contributed by atoms with Crippen LogP contribution in [0.2, 0.25) is 5.15 Å². The molecular weight excluding hydrogens is 228 g/mol. The molecule has 0 saturated carbocycles. The number of carbonyl (C=O) groups excluding carboxylic acids is 1. The molecule has 0 bridgehead atoms. The van der Waals surface area contributed by atoms with E-state index in [1.165, 1.54) is 12.1 Å². The van der Waals surface area contributed by atoms with Crippen LogP contribution in [0.1, 0.15) is 13.3 Å². The zero-order chi connectivity index (χ0) is 11.5. The van der Waals surface area contributed by atoms with Crippen molar-refractivity contribution in [3.05, 3.63) is 17.3 Å². The van der Waals surface area contributed by atoms with E-state index in [1.54, 1.807) is 0 Å². The first-order chi connectivity index (χ1) is 6.87. The van der Waals surface area contributed by atoms with Crippen LogP contribution < -0.4 is 5.32 Å². The third-order valence-electron chi connectivity index (χ3n) is 1.37. The number of nitrogens with one attached hydrogen (secondary N) is 1. The molecule has 1 heterocycles. The molecule has 15 heavy (non-hydrogen) atoms. The molecule has 1 N–H and O–H groups in total. The van der Waals surface area contributed by atoms with Gasteiger partial charge in [0.05, 0.1) is 6.42 Å². The van der Waals surface area contributed by atoms with Crippen LogP contribution in [-0.4, -0.2) is 22.0 Å². The summed E-state index contributed by atoms with van der Waals surface area (Å²) in [7, 11) is 0. The van der Waals surface area contributed by atoms with Crippen molar-refractivity contribution in [3.8, 4) is 0 Å². The first-order valence-electron chi connectivity index (χ1n) is 4.04. The Labute approximate surface area is 89.6 Å². The van der Waals surface area contributed by atoms with Gasteiger partial charge in [-0.3, -0.25) is 4.79 Å². The third kappa shape index (κ3) is 4.64. The van der Waals surface area contributed by atoms with Gasteiger partial charge in [0.15, 0.2) is 11.0 Å². The number of halogens is 3. The van der Waals surface area contributed by atoms with Crippen LogP contribution in [-0.2, 0) is 4.79 Å². The molecule has 1 amide bonds. The minimum atomic E-state index is -3.04. The van der Waals surface area contributed by atoms with Crippen LogP contribution in [0.15, 0.2) is 12.1 Å². The van der Waals surface area contributed by atoms with E-state index in [0.29, 0.717) is 6.92 Å². The van der Waals surface area contributed by atoms with E-state index in [4.69, 9.17) is 11.6 Å². The highest BCUT2D eigenvalue weighted by Gasteiger charge is 2.25. The van der Waals surface area contributed by atoms with Gasteiger partial charge in [0.1, 0.15) is 0 Å². The maximum Gasteiger partial charge on any atom is 0.254 e. The quantitative estimate of drug-likeness (QED) is 0.873. The monoisotopic (exact) mass is 235 g/mol. The Bertz CT molecular complexity index is 350. The molecule has 0 saturated heterocycles. The fraction of sp³-hybridized carbons (Fsp3) is 0.375. The van der Waals surface area contributed by atoms with Crippen LogP contribution in [0.25, 0.3) is 0 Å². The number of hydrogen-bond acceptors (Lipinski definition) is 3. The smallest absolute Gasteiger partial charge is 0.254 e. The summed E-state index contributed by atoms with van der Waals surface area (Å²) in [6.07, 6.45) is -0.892. The first kappa shape index (κ1) is 11.8. The maximum absolute atomic E-state index is 12.4. The summed E-state index contributed by atoms with van der Waals surface area (Å²) in [5.74, 6) is -3.77. The lowest BCUT2D eigenvalue weighted by Crippen LogP contribution is -2.22. The highest BCUT2D eigenvalue weighted by Crippen LogP contribution is 2.17. The van der Waals surface area contributed by atoms with Crippen LogP contribution >= 0.6 is 11.6 Å². The molecule has 0 radical (unpaired) electrons. The Hall–Kier alpha value is -1.30. The predicted octanol–water partition coefficient (Wildman–Crippen LogP) is 2.11. The molecule has 0 fully saturated rings. The SMILES string of the molecule is CC(F)(F)CC(=O)Nc1ccc(Cl)nn1. The summed E-state index contributed by atoms with van der Waals surface area (Å²) >= 11 is 5.45. The van der Waals surface area contributed by atoms with Crippen LogP contribution in [0, 0.1) is 0 Å². The van der Waals surface area contributed by atoms with Crippen molar-refractivity contribution < 1.29 is 13.6 Å². The second-order valence-electron chi connectivity index (χ2n) is 3.04. The second kappa shape index (κ2) is 4.48. The number of amides is 1. The van der Waals surface area contributed by atoms with E-state index in [9.17, 15) is 13.6 Å². The van der Waals surface area contributed by atoms with Crippen molar-refractivity contribution in [2.24, 2.45) is 0 Å². The lowest BCUT2D eigenvalue weighted by Gasteiger charge is -2.09. The minimum Gasteiger partial charge on any atom is -0.309 e. The van der Waals surface area contributed by atoms with Crippen LogP contribution in [0.3, 0.4) is 0 Å². The van der Waals surface area contributed by atoms with Gasteiger partial charge in [-0.05, 0) is 19.1 Å². The zero-order valence-electron chi connectivity index (χ0n) is 7.80. The Kier molecular flexibility index (Phi) is 3.52. The normalized spacial score (nSPS) is 11.2. The maximum atomic E-state index is 12.4. The summed E-state index contributed by atoms with van der Waals surface area (Å²) in [6.45, 7) is 0.667. The van der Waals surface area contributed by atoms with Gasteiger partial charge in [-0.15, -0.1) is 10.2 Å². The number of rotatable bonds is 3. The van der Waals surface area contributed by atoms with Crippen LogP contribution in [0.4, 0.5) is 14.6 Å². The number of aromatic nitrogens is 2. The number of nitrogens with zero attached hydrogens (tertiary/aromatic N) is 2. The van der Waals surface area contributed by atoms with E-state index >= 15 is 0 Å². The Balaban J connectivity index is 2.55. The topological polar surface area (TPSA) is 54.9 Å². The van der Waals surface area contributed by atoms with E-state index in [2.05, 4.69) is 15.5 Å². The number of alkyl halides is 2. The molecule has 0 atom stereocenters. The highest BCUT2D eigenvalue weighted by atomic mass is 35.5. The fourth-order valence-electron chi connectivity index (χ4n) is 0.852. The molecule has 0 spiro atoms. The van der Waals surface area contributed by atoms with Crippen molar-refractivity contribution in [1.82, 2.24) is 10.2 Å². The lowest BCUT2D eigenvalue weighted by molar-refractivity contribution is -0.122. The Morgan fingerprint density at radius 2 is 2.20 bits per heavy atom. The third-order valence-corrected chi connectivity index (χ3v) is 1.57. The van der Waals surface area contributed by atoms with Gasteiger partial charge in [-0.1, -0.05) is 11.6 Å². The predicted molar refractivity (Wildman–Crippen MR) is 50.9 cm³/mol. The fourth-order valence-corrected chi connectivity index (χ4v) is 0.952. The van der Waals surface area contributed by atoms with Gasteiger partial charge in [0.25, 0.3) is 5.92 Å². The molecule has 1 rings (SSSR count). The average Bonchev–Trinajstić information content (AvgIpc) is 2.05. The summed E-state index contributed by atoms with van der Waals surface area (Å²) in [5.41, 5.74) is 0. The molecule has 0 aliphatic carbocycles. The van der Waals surface area contributed by atoms with E-state index < -0.39 is 18.3 Å². The summed E-state index contributed by atoms with van der Waals surface area (Å²) in [4.78, 5) is 11.0. The number of anilines is 1. The van der Waals surface area contributed by atoms with E-state index in [-0.39, 0.29) is 11.0 Å². The number of hydrogen-bond donors (Lipinski definition) is 1. The molecular formula is C8H8ClF2N3O. The molecule has 4 nitrogen and oxygen atoms in total. The number of carbonyl (C=O) groups is 1. The van der Waals surface area contributed by atoms with E-state index in [1.807, 2.05) is 0 Å². The highest BCUT2D eigenvalue weighted by molar-refractivity contribution is 6.29. The molecule has 0 aliphatic rings. The average molecular weight is 236 g/mol. The molecule has 1 aromatic heterocycles. The van der Waals surface area contributed by atoms with Crippen molar-refractivity contribution in [3.63, 3.8) is 0 Å². The largest absolute Gasteiger partial charge is 0.309 e. The lowest BCUT2D eigenvalue weighted by atomic mass is 10.2. The van der Waals surface area contributed by atoms with Gasteiger partial charge in [-0.2, -0.15) is 0 Å². The van der Waals surface area contributed by atoms with Gasteiger partial charge < -0.3 is 5.32 Å². The molecule has 0 aromatic carbocycles. The summed E-state index contributed by atoms with van der Waals surface area (Å²) < 4.78 is 24.8. The van der Waals surface area contributed by atoms with Gasteiger partial charge in [0, 0.05) is 0 Å². The molecule has 0 unspecified atom stereocenters. The van der Waals surface area contributed by atoms with Crippen LogP contribution in [0.5, 0.6) is 0 Å².